The van der Waals surface area contributed by atoms with Crippen LogP contribution in [0.3, 0.4) is 0 Å². The summed E-state index contributed by atoms with van der Waals surface area (Å²) in [6.07, 6.45) is 3.59. The van der Waals surface area contributed by atoms with Crippen LogP contribution in [0, 0.1) is 12.8 Å². The summed E-state index contributed by atoms with van der Waals surface area (Å²) in [4.78, 5) is 24.2. The number of carbonyl (C=O) groups is 1. The quantitative estimate of drug-likeness (QED) is 0.324. The first-order valence-corrected chi connectivity index (χ1v) is 14.4. The molecule has 0 atom stereocenters. The standard InChI is InChI=1S/C30H38N4O2S/c1-4-36-29(35)27-21-37-30(31-27)34(20-24-6-7-24)28-19-26(10-5-22(28)2)25-11-8-23(9-12-25)13-14-33-17-15-32(3)16-18-33/h5,8-12,19,21,24H,4,6-7,13-18,20H2,1-3H3. The summed E-state index contributed by atoms with van der Waals surface area (Å²) in [7, 11) is 2.20. The molecule has 0 N–H and O–H groups in total. The van der Waals surface area contributed by atoms with Crippen molar-refractivity contribution in [3.8, 4) is 11.1 Å². The Morgan fingerprint density at radius 1 is 1.08 bits per heavy atom. The average Bonchev–Trinajstić information content (AvgIpc) is 3.60. The third-order valence-corrected chi connectivity index (χ3v) is 8.31. The number of hydrogen-bond acceptors (Lipinski definition) is 7. The molecule has 2 heterocycles. The number of ether oxygens (including phenoxy) is 1. The number of thiazole rings is 1. The number of hydrogen-bond donors (Lipinski definition) is 0. The Balaban J connectivity index is 1.32. The Morgan fingerprint density at radius 2 is 1.81 bits per heavy atom. The predicted octanol–water partition coefficient (Wildman–Crippen LogP) is 5.63. The van der Waals surface area contributed by atoms with Crippen LogP contribution >= 0.6 is 11.3 Å². The number of nitrogens with zero attached hydrogens (tertiary/aromatic N) is 4. The van der Waals surface area contributed by atoms with E-state index in [1.165, 1.54) is 59.5 Å². The number of benzene rings is 2. The van der Waals surface area contributed by atoms with Gasteiger partial charge >= 0.3 is 5.97 Å². The molecule has 5 rings (SSSR count). The minimum absolute atomic E-state index is 0.352. The van der Waals surface area contributed by atoms with Crippen molar-refractivity contribution >= 4 is 28.1 Å². The summed E-state index contributed by atoms with van der Waals surface area (Å²) < 4.78 is 5.17. The largest absolute Gasteiger partial charge is 0.461 e. The molecule has 7 heteroatoms. The van der Waals surface area contributed by atoms with Crippen LogP contribution in [-0.2, 0) is 11.2 Å². The number of aromatic nitrogens is 1. The number of rotatable bonds is 10. The molecule has 0 unspecified atom stereocenters. The van der Waals surface area contributed by atoms with Gasteiger partial charge in [-0.25, -0.2) is 9.78 Å². The molecule has 37 heavy (non-hydrogen) atoms. The molecule has 1 saturated heterocycles. The van der Waals surface area contributed by atoms with E-state index in [4.69, 9.17) is 4.74 Å². The molecule has 0 spiro atoms. The summed E-state index contributed by atoms with van der Waals surface area (Å²) in [6.45, 7) is 11.0. The maximum absolute atomic E-state index is 12.2. The van der Waals surface area contributed by atoms with Gasteiger partial charge in [0.2, 0.25) is 0 Å². The fourth-order valence-electron chi connectivity index (χ4n) is 4.83. The highest BCUT2D eigenvalue weighted by atomic mass is 32.1. The van der Waals surface area contributed by atoms with Crippen molar-refractivity contribution in [2.45, 2.75) is 33.1 Å². The first kappa shape index (κ1) is 25.9. The Kier molecular flexibility index (Phi) is 8.23. The fourth-order valence-corrected chi connectivity index (χ4v) is 5.64. The molecule has 2 fully saturated rings. The molecule has 3 aromatic rings. The maximum Gasteiger partial charge on any atom is 0.357 e. The molecule has 2 aromatic carbocycles. The zero-order chi connectivity index (χ0) is 25.8. The molecule has 2 aliphatic rings. The molecule has 1 aromatic heterocycles. The van der Waals surface area contributed by atoms with Gasteiger partial charge < -0.3 is 19.4 Å². The SMILES string of the molecule is CCOC(=O)c1csc(N(CC2CC2)c2cc(-c3ccc(CCN4CCN(C)CC4)cc3)ccc2C)n1. The lowest BCUT2D eigenvalue weighted by atomic mass is 10.00. The highest BCUT2D eigenvalue weighted by molar-refractivity contribution is 7.14. The van der Waals surface area contributed by atoms with Crippen LogP contribution in [0.5, 0.6) is 0 Å². The van der Waals surface area contributed by atoms with Crippen molar-refractivity contribution in [1.29, 1.82) is 0 Å². The van der Waals surface area contributed by atoms with E-state index in [1.807, 2.05) is 12.3 Å². The molecule has 196 valence electrons. The number of piperazine rings is 1. The molecular formula is C30H38N4O2S. The Bertz CT molecular complexity index is 1200. The van der Waals surface area contributed by atoms with Crippen LogP contribution in [-0.4, -0.2) is 73.7 Å². The molecule has 1 saturated carbocycles. The fraction of sp³-hybridized carbons (Fsp3) is 0.467. The van der Waals surface area contributed by atoms with E-state index in [-0.39, 0.29) is 5.97 Å². The molecule has 1 aliphatic carbocycles. The zero-order valence-electron chi connectivity index (χ0n) is 22.3. The van der Waals surface area contributed by atoms with Crippen LogP contribution in [0.2, 0.25) is 0 Å². The van der Waals surface area contributed by atoms with Gasteiger partial charge in [0, 0.05) is 50.3 Å². The van der Waals surface area contributed by atoms with E-state index in [2.05, 4.69) is 76.1 Å². The number of esters is 1. The van der Waals surface area contributed by atoms with Crippen LogP contribution in [0.1, 0.15) is 41.4 Å². The van der Waals surface area contributed by atoms with E-state index in [0.717, 1.165) is 43.4 Å². The number of carbonyl (C=O) groups excluding carboxylic acids is 1. The van der Waals surface area contributed by atoms with E-state index in [0.29, 0.717) is 18.2 Å². The number of likely N-dealkylation sites (N-methyl/N-ethyl adjacent to an activating group) is 1. The summed E-state index contributed by atoms with van der Waals surface area (Å²) in [5.41, 5.74) is 6.58. The van der Waals surface area contributed by atoms with Gasteiger partial charge in [-0.1, -0.05) is 36.4 Å². The zero-order valence-corrected chi connectivity index (χ0v) is 23.1. The lowest BCUT2D eigenvalue weighted by Gasteiger charge is -2.32. The van der Waals surface area contributed by atoms with E-state index in [9.17, 15) is 4.79 Å². The van der Waals surface area contributed by atoms with Gasteiger partial charge in [-0.3, -0.25) is 0 Å². The highest BCUT2D eigenvalue weighted by Gasteiger charge is 2.28. The van der Waals surface area contributed by atoms with Crippen LogP contribution in [0.25, 0.3) is 11.1 Å². The van der Waals surface area contributed by atoms with Crippen molar-refractivity contribution in [1.82, 2.24) is 14.8 Å². The first-order chi connectivity index (χ1) is 18.0. The minimum atomic E-state index is -0.352. The second-order valence-electron chi connectivity index (χ2n) is 10.4. The number of aryl methyl sites for hydroxylation is 1. The van der Waals surface area contributed by atoms with E-state index < -0.39 is 0 Å². The Labute approximate surface area is 224 Å². The second-order valence-corrected chi connectivity index (χ2v) is 11.2. The third-order valence-electron chi connectivity index (χ3n) is 7.45. The second kappa shape index (κ2) is 11.8. The molecule has 0 amide bonds. The van der Waals surface area contributed by atoms with Crippen LogP contribution in [0.15, 0.2) is 47.8 Å². The van der Waals surface area contributed by atoms with Gasteiger partial charge in [-0.2, -0.15) is 0 Å². The lowest BCUT2D eigenvalue weighted by molar-refractivity contribution is 0.0520. The van der Waals surface area contributed by atoms with Crippen LogP contribution < -0.4 is 4.90 Å². The van der Waals surface area contributed by atoms with Crippen molar-refractivity contribution < 1.29 is 9.53 Å². The van der Waals surface area contributed by atoms with Crippen molar-refractivity contribution in [2.24, 2.45) is 5.92 Å². The van der Waals surface area contributed by atoms with Gasteiger partial charge in [-0.15, -0.1) is 11.3 Å². The first-order valence-electron chi connectivity index (χ1n) is 13.5. The molecule has 0 bridgehead atoms. The normalized spacial score (nSPS) is 16.6. The van der Waals surface area contributed by atoms with Gasteiger partial charge in [0.1, 0.15) is 0 Å². The molecular weight excluding hydrogens is 480 g/mol. The van der Waals surface area contributed by atoms with Gasteiger partial charge in [0.05, 0.1) is 6.61 Å². The third kappa shape index (κ3) is 6.58. The Hall–Kier alpha value is -2.74. The predicted molar refractivity (Wildman–Crippen MR) is 152 cm³/mol. The molecule has 1 aliphatic heterocycles. The summed E-state index contributed by atoms with van der Waals surface area (Å²) in [5, 5.41) is 2.67. The van der Waals surface area contributed by atoms with Gasteiger partial charge in [-0.05, 0) is 74.4 Å². The lowest BCUT2D eigenvalue weighted by Crippen LogP contribution is -2.45. The average molecular weight is 519 g/mol. The highest BCUT2D eigenvalue weighted by Crippen LogP contribution is 2.39. The van der Waals surface area contributed by atoms with Gasteiger partial charge in [0.15, 0.2) is 10.8 Å². The van der Waals surface area contributed by atoms with Crippen molar-refractivity contribution in [3.63, 3.8) is 0 Å². The Morgan fingerprint density at radius 3 is 2.51 bits per heavy atom. The molecule has 0 radical (unpaired) electrons. The minimum Gasteiger partial charge on any atom is -0.461 e. The van der Waals surface area contributed by atoms with E-state index >= 15 is 0 Å². The molecule has 6 nitrogen and oxygen atoms in total. The topological polar surface area (TPSA) is 48.9 Å². The van der Waals surface area contributed by atoms with Crippen LogP contribution in [0.4, 0.5) is 10.8 Å². The van der Waals surface area contributed by atoms with Gasteiger partial charge in [0.25, 0.3) is 0 Å². The monoisotopic (exact) mass is 518 g/mol. The summed E-state index contributed by atoms with van der Waals surface area (Å²) >= 11 is 1.51. The summed E-state index contributed by atoms with van der Waals surface area (Å²) in [6, 6.07) is 15.7. The number of anilines is 2. The summed E-state index contributed by atoms with van der Waals surface area (Å²) in [5.74, 6) is 0.326. The van der Waals surface area contributed by atoms with Crippen molar-refractivity contribution in [3.05, 3.63) is 64.7 Å². The van der Waals surface area contributed by atoms with E-state index in [1.54, 1.807) is 0 Å². The smallest absolute Gasteiger partial charge is 0.357 e. The maximum atomic E-state index is 12.2. The van der Waals surface area contributed by atoms with Crippen molar-refractivity contribution in [2.75, 3.05) is 57.8 Å².